The Balaban J connectivity index is 1.97. The largest absolute Gasteiger partial charge is 0.497 e. The molecule has 3 aromatic rings. The van der Waals surface area contributed by atoms with Gasteiger partial charge >= 0.3 is 0 Å². The van der Waals surface area contributed by atoms with Gasteiger partial charge in [0.2, 0.25) is 0 Å². The molecule has 2 aromatic carbocycles. The summed E-state index contributed by atoms with van der Waals surface area (Å²) in [5.74, 6) is 1.40. The van der Waals surface area contributed by atoms with Gasteiger partial charge in [-0.3, -0.25) is 4.72 Å². The minimum Gasteiger partial charge on any atom is -0.497 e. The molecule has 0 spiro atoms. The fourth-order valence-corrected chi connectivity index (χ4v) is 4.43. The minimum absolute atomic E-state index is 0.273. The summed E-state index contributed by atoms with van der Waals surface area (Å²) in [5.41, 5.74) is 2.16. The van der Waals surface area contributed by atoms with E-state index in [1.807, 2.05) is 24.3 Å². The van der Waals surface area contributed by atoms with E-state index in [0.717, 1.165) is 16.9 Å². The zero-order valence-electron chi connectivity index (χ0n) is 13.7. The molecule has 130 valence electrons. The van der Waals surface area contributed by atoms with E-state index in [1.165, 1.54) is 11.3 Å². The van der Waals surface area contributed by atoms with Crippen molar-refractivity contribution in [3.63, 3.8) is 0 Å². The third-order valence-electron chi connectivity index (χ3n) is 3.61. The maximum Gasteiger partial charge on any atom is 0.271 e. The Morgan fingerprint density at radius 1 is 0.960 bits per heavy atom. The summed E-state index contributed by atoms with van der Waals surface area (Å²) in [6.45, 7) is 0. The van der Waals surface area contributed by atoms with Gasteiger partial charge in [0, 0.05) is 11.3 Å². The van der Waals surface area contributed by atoms with Crippen LogP contribution in [0.1, 0.15) is 0 Å². The molecule has 7 heteroatoms. The number of hydrogen-bond acceptors (Lipinski definition) is 5. The summed E-state index contributed by atoms with van der Waals surface area (Å²) in [6.07, 6.45) is 0. The molecule has 0 unspecified atom stereocenters. The van der Waals surface area contributed by atoms with E-state index in [9.17, 15) is 8.42 Å². The summed E-state index contributed by atoms with van der Waals surface area (Å²) in [4.78, 5) is 0. The Hall–Kier alpha value is -2.51. The maximum absolute atomic E-state index is 12.4. The van der Waals surface area contributed by atoms with Crippen LogP contribution in [0.4, 0.5) is 5.69 Å². The first-order valence-corrected chi connectivity index (χ1v) is 9.78. The highest BCUT2D eigenvalue weighted by Crippen LogP contribution is 2.34. The van der Waals surface area contributed by atoms with E-state index >= 15 is 0 Å². The zero-order valence-corrected chi connectivity index (χ0v) is 15.4. The molecule has 25 heavy (non-hydrogen) atoms. The van der Waals surface area contributed by atoms with Crippen molar-refractivity contribution in [2.45, 2.75) is 4.21 Å². The van der Waals surface area contributed by atoms with E-state index in [1.54, 1.807) is 49.9 Å². The molecule has 0 saturated heterocycles. The Kier molecular flexibility index (Phi) is 4.96. The molecular formula is C18H17NO4S2. The zero-order chi connectivity index (χ0) is 17.9. The number of anilines is 1. The van der Waals surface area contributed by atoms with Crippen molar-refractivity contribution in [3.8, 4) is 22.6 Å². The van der Waals surface area contributed by atoms with Crippen molar-refractivity contribution in [1.82, 2.24) is 0 Å². The second-order valence-corrected chi connectivity index (χ2v) is 8.04. The van der Waals surface area contributed by atoms with E-state index < -0.39 is 10.0 Å². The first-order chi connectivity index (χ1) is 12.0. The van der Waals surface area contributed by atoms with Crippen LogP contribution in [0.5, 0.6) is 11.5 Å². The van der Waals surface area contributed by atoms with E-state index in [0.29, 0.717) is 11.4 Å². The molecule has 0 atom stereocenters. The molecule has 1 heterocycles. The monoisotopic (exact) mass is 375 g/mol. The van der Waals surface area contributed by atoms with Crippen LogP contribution in [-0.2, 0) is 10.0 Å². The molecule has 0 bridgehead atoms. The molecule has 0 amide bonds. The number of sulfonamides is 1. The van der Waals surface area contributed by atoms with Gasteiger partial charge in [0.15, 0.2) is 0 Å². The van der Waals surface area contributed by atoms with Crippen molar-refractivity contribution in [2.24, 2.45) is 0 Å². The Labute approximate surface area is 150 Å². The SMILES string of the molecule is COc1ccc(-c2cc(NS(=O)(=O)c3cccs3)ccc2OC)cc1. The van der Waals surface area contributed by atoms with Crippen molar-refractivity contribution in [2.75, 3.05) is 18.9 Å². The molecule has 3 rings (SSSR count). The van der Waals surface area contributed by atoms with Gasteiger partial charge in [-0.25, -0.2) is 8.42 Å². The number of methoxy groups -OCH3 is 2. The number of nitrogens with one attached hydrogen (secondary N) is 1. The average molecular weight is 375 g/mol. The minimum atomic E-state index is -3.59. The second kappa shape index (κ2) is 7.16. The molecule has 0 saturated carbocycles. The van der Waals surface area contributed by atoms with E-state index in [-0.39, 0.29) is 4.21 Å². The van der Waals surface area contributed by atoms with Crippen molar-refractivity contribution < 1.29 is 17.9 Å². The third-order valence-corrected chi connectivity index (χ3v) is 6.39. The smallest absolute Gasteiger partial charge is 0.271 e. The predicted molar refractivity (Wildman–Crippen MR) is 100 cm³/mol. The molecule has 0 aliphatic rings. The lowest BCUT2D eigenvalue weighted by atomic mass is 10.0. The van der Waals surface area contributed by atoms with Gasteiger partial charge in [0.25, 0.3) is 10.0 Å². The summed E-state index contributed by atoms with van der Waals surface area (Å²) in [7, 11) is -0.404. The molecule has 1 aromatic heterocycles. The van der Waals surface area contributed by atoms with Crippen LogP contribution >= 0.6 is 11.3 Å². The Morgan fingerprint density at radius 3 is 2.32 bits per heavy atom. The van der Waals surface area contributed by atoms with Crippen LogP contribution in [0.3, 0.4) is 0 Å². The van der Waals surface area contributed by atoms with Gasteiger partial charge in [-0.05, 0) is 47.3 Å². The first-order valence-electron chi connectivity index (χ1n) is 7.42. The normalized spacial score (nSPS) is 11.1. The van der Waals surface area contributed by atoms with E-state index in [2.05, 4.69) is 4.72 Å². The fraction of sp³-hybridized carbons (Fsp3) is 0.111. The highest BCUT2D eigenvalue weighted by molar-refractivity contribution is 7.94. The number of hydrogen-bond donors (Lipinski definition) is 1. The molecule has 0 fully saturated rings. The standard InChI is InChI=1S/C18H17NO4S2/c1-22-15-8-5-13(6-9-15)16-12-14(7-10-17(16)23-2)19-25(20,21)18-4-3-11-24-18/h3-12,19H,1-2H3. The number of benzene rings is 2. The fourth-order valence-electron chi connectivity index (χ4n) is 2.39. The highest BCUT2D eigenvalue weighted by atomic mass is 32.2. The van der Waals surface area contributed by atoms with Crippen LogP contribution in [0, 0.1) is 0 Å². The summed E-state index contributed by atoms with van der Waals surface area (Å²) in [6, 6.07) is 15.9. The quantitative estimate of drug-likeness (QED) is 0.700. The average Bonchev–Trinajstić information content (AvgIpc) is 3.17. The van der Waals surface area contributed by atoms with Crippen LogP contribution in [0.15, 0.2) is 64.2 Å². The van der Waals surface area contributed by atoms with Gasteiger partial charge in [0.05, 0.1) is 14.2 Å². The predicted octanol–water partition coefficient (Wildman–Crippen LogP) is 4.23. The Bertz CT molecular complexity index is 949. The van der Waals surface area contributed by atoms with Gasteiger partial charge in [-0.15, -0.1) is 11.3 Å². The Morgan fingerprint density at radius 2 is 1.72 bits per heavy atom. The van der Waals surface area contributed by atoms with Crippen molar-refractivity contribution in [3.05, 3.63) is 60.0 Å². The second-order valence-electron chi connectivity index (χ2n) is 5.18. The maximum atomic E-state index is 12.4. The van der Waals surface area contributed by atoms with Crippen molar-refractivity contribution in [1.29, 1.82) is 0 Å². The molecular weight excluding hydrogens is 358 g/mol. The van der Waals surface area contributed by atoms with Gasteiger partial charge in [-0.1, -0.05) is 18.2 Å². The molecule has 5 nitrogen and oxygen atoms in total. The topological polar surface area (TPSA) is 64.6 Å². The van der Waals surface area contributed by atoms with Gasteiger partial charge in [-0.2, -0.15) is 0 Å². The van der Waals surface area contributed by atoms with Crippen LogP contribution in [0.2, 0.25) is 0 Å². The van der Waals surface area contributed by atoms with Crippen molar-refractivity contribution >= 4 is 27.0 Å². The third kappa shape index (κ3) is 3.78. The summed E-state index contributed by atoms with van der Waals surface area (Å²) < 4.78 is 38.3. The number of ether oxygens (including phenoxy) is 2. The molecule has 1 N–H and O–H groups in total. The highest BCUT2D eigenvalue weighted by Gasteiger charge is 2.16. The lowest BCUT2D eigenvalue weighted by Crippen LogP contribution is -2.11. The first kappa shape index (κ1) is 17.3. The lowest BCUT2D eigenvalue weighted by Gasteiger charge is -2.13. The van der Waals surface area contributed by atoms with Crippen LogP contribution < -0.4 is 14.2 Å². The molecule has 0 radical (unpaired) electrons. The van der Waals surface area contributed by atoms with E-state index in [4.69, 9.17) is 9.47 Å². The molecule has 0 aliphatic heterocycles. The molecule has 0 aliphatic carbocycles. The van der Waals surface area contributed by atoms with Gasteiger partial charge in [0.1, 0.15) is 15.7 Å². The van der Waals surface area contributed by atoms with Crippen LogP contribution in [-0.4, -0.2) is 22.6 Å². The van der Waals surface area contributed by atoms with Crippen LogP contribution in [0.25, 0.3) is 11.1 Å². The summed E-state index contributed by atoms with van der Waals surface area (Å²) in [5, 5.41) is 1.73. The lowest BCUT2D eigenvalue weighted by molar-refractivity contribution is 0.414. The number of thiophene rings is 1. The summed E-state index contributed by atoms with van der Waals surface area (Å²) >= 11 is 1.17. The van der Waals surface area contributed by atoms with Gasteiger partial charge < -0.3 is 9.47 Å². The number of rotatable bonds is 6.